The van der Waals surface area contributed by atoms with Gasteiger partial charge in [0.25, 0.3) is 0 Å². The third-order valence-corrected chi connectivity index (χ3v) is 4.16. The van der Waals surface area contributed by atoms with E-state index in [0.29, 0.717) is 6.04 Å². The highest BCUT2D eigenvalue weighted by atomic mass is 35.5. The van der Waals surface area contributed by atoms with Gasteiger partial charge in [-0.1, -0.05) is 0 Å². The summed E-state index contributed by atoms with van der Waals surface area (Å²) in [7, 11) is 2.25. The van der Waals surface area contributed by atoms with E-state index in [1.54, 1.807) is 0 Å². The second kappa shape index (κ2) is 5.66. The van der Waals surface area contributed by atoms with Gasteiger partial charge in [0.15, 0.2) is 0 Å². The van der Waals surface area contributed by atoms with Gasteiger partial charge in [0.1, 0.15) is 0 Å². The van der Waals surface area contributed by atoms with Crippen LogP contribution in [0.5, 0.6) is 0 Å². The molecule has 2 nitrogen and oxygen atoms in total. The van der Waals surface area contributed by atoms with Gasteiger partial charge in [-0.05, 0) is 19.9 Å². The zero-order chi connectivity index (χ0) is 7.84. The summed E-state index contributed by atoms with van der Waals surface area (Å²) in [5.74, 6) is 2.58. The summed E-state index contributed by atoms with van der Waals surface area (Å²) >= 11 is 2.10. The Bertz CT molecular complexity index is 145. The molecule has 2 N–H and O–H groups in total. The van der Waals surface area contributed by atoms with Gasteiger partial charge in [-0.15, -0.1) is 24.8 Å². The molecule has 2 saturated heterocycles. The third kappa shape index (κ3) is 2.90. The topological polar surface area (TPSA) is 29.3 Å². The SMILES string of the molecule is CN1[C@@H]2CSC[C@H]1C[C@H](N)C2.Cl.Cl. The Balaban J connectivity index is 0.000000720. The van der Waals surface area contributed by atoms with Gasteiger partial charge < -0.3 is 5.73 Å². The predicted molar refractivity (Wildman–Crippen MR) is 64.4 cm³/mol. The number of rotatable bonds is 0. The number of fused-ring (bicyclic) bond motifs is 2. The zero-order valence-corrected chi connectivity index (χ0v) is 10.3. The molecule has 0 amide bonds. The molecule has 80 valence electrons. The number of hydrogen-bond acceptors (Lipinski definition) is 3. The number of halogens is 2. The Hall–Kier alpha value is 0.850. The fraction of sp³-hybridized carbons (Fsp3) is 1.00. The molecular weight excluding hydrogens is 227 g/mol. The highest BCUT2D eigenvalue weighted by Crippen LogP contribution is 2.30. The molecule has 0 aliphatic carbocycles. The number of nitrogens with two attached hydrogens (primary N) is 1. The molecule has 0 aromatic rings. The average Bonchev–Trinajstić information content (AvgIpc) is 1.92. The Morgan fingerprint density at radius 3 is 2.08 bits per heavy atom. The van der Waals surface area contributed by atoms with Crippen molar-refractivity contribution in [3.8, 4) is 0 Å². The Kier molecular flexibility index (Phi) is 6.03. The monoisotopic (exact) mass is 244 g/mol. The predicted octanol–water partition coefficient (Wildman–Crippen LogP) is 1.37. The fourth-order valence-electron chi connectivity index (χ4n) is 2.14. The van der Waals surface area contributed by atoms with Crippen molar-refractivity contribution in [3.05, 3.63) is 0 Å². The first-order chi connectivity index (χ1) is 5.27. The van der Waals surface area contributed by atoms with Gasteiger partial charge in [0, 0.05) is 29.6 Å². The molecule has 2 bridgehead atoms. The summed E-state index contributed by atoms with van der Waals surface area (Å²) in [6.07, 6.45) is 2.42. The highest BCUT2D eigenvalue weighted by molar-refractivity contribution is 7.99. The van der Waals surface area contributed by atoms with Gasteiger partial charge in [0.2, 0.25) is 0 Å². The minimum Gasteiger partial charge on any atom is -0.328 e. The molecule has 0 radical (unpaired) electrons. The second-order valence-electron chi connectivity index (χ2n) is 3.74. The van der Waals surface area contributed by atoms with Crippen LogP contribution < -0.4 is 5.73 Å². The number of nitrogens with zero attached hydrogens (tertiary/aromatic N) is 1. The van der Waals surface area contributed by atoms with E-state index in [4.69, 9.17) is 5.73 Å². The lowest BCUT2D eigenvalue weighted by Gasteiger charge is -2.45. The lowest BCUT2D eigenvalue weighted by molar-refractivity contribution is 0.123. The smallest absolute Gasteiger partial charge is 0.0201 e. The van der Waals surface area contributed by atoms with E-state index in [9.17, 15) is 0 Å². The average molecular weight is 245 g/mol. The van der Waals surface area contributed by atoms with Crippen LogP contribution in [0.15, 0.2) is 0 Å². The van der Waals surface area contributed by atoms with Crippen LogP contribution in [0.2, 0.25) is 0 Å². The molecule has 2 aliphatic rings. The van der Waals surface area contributed by atoms with Gasteiger partial charge in [-0.25, -0.2) is 0 Å². The molecule has 5 heteroatoms. The van der Waals surface area contributed by atoms with Crippen LogP contribution in [-0.2, 0) is 0 Å². The summed E-state index contributed by atoms with van der Waals surface area (Å²) in [5.41, 5.74) is 5.95. The summed E-state index contributed by atoms with van der Waals surface area (Å²) in [4.78, 5) is 2.53. The first kappa shape index (κ1) is 13.8. The van der Waals surface area contributed by atoms with Gasteiger partial charge in [-0.2, -0.15) is 11.8 Å². The van der Waals surface area contributed by atoms with Gasteiger partial charge >= 0.3 is 0 Å². The van der Waals surface area contributed by atoms with Crippen LogP contribution >= 0.6 is 36.6 Å². The van der Waals surface area contributed by atoms with Crippen LogP contribution in [-0.4, -0.2) is 41.6 Å². The van der Waals surface area contributed by atoms with Crippen molar-refractivity contribution in [1.82, 2.24) is 4.90 Å². The maximum Gasteiger partial charge on any atom is 0.0201 e. The first-order valence-electron chi connectivity index (χ1n) is 4.32. The summed E-state index contributed by atoms with van der Waals surface area (Å²) in [6, 6.07) is 2.01. The molecule has 2 heterocycles. The molecule has 3 atom stereocenters. The molecule has 0 unspecified atom stereocenters. The maximum atomic E-state index is 5.95. The van der Waals surface area contributed by atoms with Crippen LogP contribution in [0, 0.1) is 0 Å². The van der Waals surface area contributed by atoms with Gasteiger partial charge in [-0.3, -0.25) is 4.90 Å². The largest absolute Gasteiger partial charge is 0.328 e. The lowest BCUT2D eigenvalue weighted by Crippen LogP contribution is -2.55. The molecule has 0 aromatic heterocycles. The molecule has 0 saturated carbocycles. The molecule has 0 spiro atoms. The fourth-order valence-corrected chi connectivity index (χ4v) is 3.56. The minimum absolute atomic E-state index is 0. The quantitative estimate of drug-likeness (QED) is 0.699. The van der Waals surface area contributed by atoms with E-state index >= 15 is 0 Å². The standard InChI is InChI=1S/C8H16N2S.2ClH/c1-10-7-2-6(9)3-8(10)5-11-4-7;;/h6-8H,2-5,9H2,1H3;2*1H/t6-,7+,8-;;. The molecular formula is C8H18Cl2N2S. The summed E-state index contributed by atoms with van der Waals surface area (Å²) in [5, 5.41) is 0. The second-order valence-corrected chi connectivity index (χ2v) is 4.82. The Labute approximate surface area is 96.8 Å². The van der Waals surface area contributed by atoms with E-state index in [-0.39, 0.29) is 24.8 Å². The molecule has 2 fully saturated rings. The molecule has 13 heavy (non-hydrogen) atoms. The first-order valence-corrected chi connectivity index (χ1v) is 5.48. The Morgan fingerprint density at radius 2 is 1.62 bits per heavy atom. The summed E-state index contributed by atoms with van der Waals surface area (Å²) < 4.78 is 0. The molecule has 2 rings (SSSR count). The van der Waals surface area contributed by atoms with E-state index in [2.05, 4.69) is 23.7 Å². The van der Waals surface area contributed by atoms with E-state index in [1.807, 2.05) is 0 Å². The Morgan fingerprint density at radius 1 is 1.15 bits per heavy atom. The van der Waals surface area contributed by atoms with Crippen molar-refractivity contribution in [2.45, 2.75) is 31.0 Å². The van der Waals surface area contributed by atoms with Crippen LogP contribution in [0.25, 0.3) is 0 Å². The third-order valence-electron chi connectivity index (χ3n) is 2.92. The van der Waals surface area contributed by atoms with E-state index in [1.165, 1.54) is 24.3 Å². The van der Waals surface area contributed by atoms with Crippen LogP contribution in [0.3, 0.4) is 0 Å². The zero-order valence-electron chi connectivity index (χ0n) is 7.81. The minimum atomic E-state index is 0. The van der Waals surface area contributed by atoms with Crippen LogP contribution in [0.4, 0.5) is 0 Å². The van der Waals surface area contributed by atoms with Crippen LogP contribution in [0.1, 0.15) is 12.8 Å². The highest BCUT2D eigenvalue weighted by Gasteiger charge is 2.34. The number of piperidine rings is 1. The normalized spacial score (nSPS) is 38.8. The molecule has 2 aliphatic heterocycles. The van der Waals surface area contributed by atoms with Crippen molar-refractivity contribution < 1.29 is 0 Å². The number of thioether (sulfide) groups is 1. The van der Waals surface area contributed by atoms with Crippen molar-refractivity contribution in [2.75, 3.05) is 18.6 Å². The lowest BCUT2D eigenvalue weighted by atomic mass is 9.94. The van der Waals surface area contributed by atoms with E-state index < -0.39 is 0 Å². The van der Waals surface area contributed by atoms with Gasteiger partial charge in [0.05, 0.1) is 0 Å². The maximum absolute atomic E-state index is 5.95. The van der Waals surface area contributed by atoms with Crippen molar-refractivity contribution in [3.63, 3.8) is 0 Å². The van der Waals surface area contributed by atoms with Crippen molar-refractivity contribution in [2.24, 2.45) is 5.73 Å². The van der Waals surface area contributed by atoms with Crippen molar-refractivity contribution >= 4 is 36.6 Å². The van der Waals surface area contributed by atoms with E-state index in [0.717, 1.165) is 12.1 Å². The summed E-state index contributed by atoms with van der Waals surface area (Å²) in [6.45, 7) is 0. The van der Waals surface area contributed by atoms with Crippen molar-refractivity contribution in [1.29, 1.82) is 0 Å². The molecule has 0 aromatic carbocycles. The number of hydrogen-bond donors (Lipinski definition) is 1.